The van der Waals surface area contributed by atoms with Crippen LogP contribution in [-0.2, 0) is 25.6 Å². The van der Waals surface area contributed by atoms with Crippen LogP contribution in [0.5, 0.6) is 0 Å². The first-order chi connectivity index (χ1) is 8.95. The van der Waals surface area contributed by atoms with Gasteiger partial charge in [0, 0.05) is 12.2 Å². The highest BCUT2D eigenvalue weighted by Gasteiger charge is 2.10. The Morgan fingerprint density at radius 3 is 2.47 bits per heavy atom. The maximum Gasteiger partial charge on any atom is 0.313 e. The normalized spacial score (nSPS) is 10.5. The lowest BCUT2D eigenvalue weighted by molar-refractivity contribution is -0.144. The van der Waals surface area contributed by atoms with Crippen molar-refractivity contribution < 1.29 is 19.1 Å². The molecule has 0 fully saturated rings. The Hall–Kier alpha value is -1.69. The molecular weight excluding hydrogens is 248 g/mol. The second kappa shape index (κ2) is 7.04. The van der Waals surface area contributed by atoms with Gasteiger partial charge >= 0.3 is 5.97 Å². The molecule has 0 saturated heterocycles. The standard InChI is InChI=1S/C13H20N2O4/c1-9-10(2)15(11(3)14-9)5-6-19-8-12(16)7-13(17)18-4/h5-8H2,1-4H3. The van der Waals surface area contributed by atoms with Crippen LogP contribution in [0.2, 0.25) is 0 Å². The summed E-state index contributed by atoms with van der Waals surface area (Å²) >= 11 is 0. The van der Waals surface area contributed by atoms with Crippen molar-refractivity contribution in [2.45, 2.75) is 33.7 Å². The highest BCUT2D eigenvalue weighted by atomic mass is 16.5. The van der Waals surface area contributed by atoms with Gasteiger partial charge in [-0.25, -0.2) is 4.98 Å². The lowest BCUT2D eigenvalue weighted by Crippen LogP contribution is -2.17. The van der Waals surface area contributed by atoms with Gasteiger partial charge in [0.1, 0.15) is 18.9 Å². The first kappa shape index (κ1) is 15.4. The Labute approximate surface area is 112 Å². The van der Waals surface area contributed by atoms with Gasteiger partial charge in [0.05, 0.1) is 19.4 Å². The van der Waals surface area contributed by atoms with E-state index in [9.17, 15) is 9.59 Å². The van der Waals surface area contributed by atoms with Gasteiger partial charge in [0.2, 0.25) is 0 Å². The van der Waals surface area contributed by atoms with E-state index in [1.54, 1.807) is 0 Å². The van der Waals surface area contributed by atoms with E-state index in [0.717, 1.165) is 17.2 Å². The first-order valence-electron chi connectivity index (χ1n) is 6.12. The fourth-order valence-corrected chi connectivity index (χ4v) is 1.78. The van der Waals surface area contributed by atoms with Crippen molar-refractivity contribution in [2.24, 2.45) is 0 Å². The Morgan fingerprint density at radius 2 is 1.95 bits per heavy atom. The van der Waals surface area contributed by atoms with Crippen LogP contribution in [0.4, 0.5) is 0 Å². The summed E-state index contributed by atoms with van der Waals surface area (Å²) in [7, 11) is 1.25. The monoisotopic (exact) mass is 268 g/mol. The molecule has 0 aliphatic rings. The minimum atomic E-state index is -0.537. The highest BCUT2D eigenvalue weighted by Crippen LogP contribution is 2.08. The fourth-order valence-electron chi connectivity index (χ4n) is 1.78. The summed E-state index contributed by atoms with van der Waals surface area (Å²) < 4.78 is 11.7. The van der Waals surface area contributed by atoms with Crippen LogP contribution in [0, 0.1) is 20.8 Å². The van der Waals surface area contributed by atoms with Gasteiger partial charge in [-0.3, -0.25) is 9.59 Å². The lowest BCUT2D eigenvalue weighted by atomic mass is 10.3. The van der Waals surface area contributed by atoms with Gasteiger partial charge < -0.3 is 14.0 Å². The molecule has 1 rings (SSSR count). The molecule has 0 aromatic carbocycles. The van der Waals surface area contributed by atoms with Crippen molar-refractivity contribution in [3.63, 3.8) is 0 Å². The van der Waals surface area contributed by atoms with Crippen molar-refractivity contribution in [3.8, 4) is 0 Å². The summed E-state index contributed by atoms with van der Waals surface area (Å²) in [5.74, 6) is 0.118. The summed E-state index contributed by atoms with van der Waals surface area (Å²) in [6.45, 7) is 6.87. The van der Waals surface area contributed by atoms with Crippen molar-refractivity contribution in [3.05, 3.63) is 17.2 Å². The molecular formula is C13H20N2O4. The fraction of sp³-hybridized carbons (Fsp3) is 0.615. The number of Topliss-reactive ketones (excluding diaryl/α,β-unsaturated/α-hetero) is 1. The molecule has 19 heavy (non-hydrogen) atoms. The molecule has 6 nitrogen and oxygen atoms in total. The average molecular weight is 268 g/mol. The first-order valence-corrected chi connectivity index (χ1v) is 6.12. The topological polar surface area (TPSA) is 70.4 Å². The SMILES string of the molecule is COC(=O)CC(=O)COCCn1c(C)nc(C)c1C. The van der Waals surface area contributed by atoms with Crippen LogP contribution in [0.3, 0.4) is 0 Å². The van der Waals surface area contributed by atoms with Crippen LogP contribution in [0.15, 0.2) is 0 Å². The number of hydrogen-bond donors (Lipinski definition) is 0. The number of imidazole rings is 1. The predicted molar refractivity (Wildman–Crippen MR) is 68.9 cm³/mol. The second-order valence-corrected chi connectivity index (χ2v) is 4.33. The van der Waals surface area contributed by atoms with Gasteiger partial charge in [-0.2, -0.15) is 0 Å². The van der Waals surface area contributed by atoms with E-state index >= 15 is 0 Å². The molecule has 0 unspecified atom stereocenters. The smallest absolute Gasteiger partial charge is 0.313 e. The molecule has 0 bridgehead atoms. The minimum Gasteiger partial charge on any atom is -0.469 e. The molecule has 0 aliphatic heterocycles. The highest BCUT2D eigenvalue weighted by molar-refractivity contribution is 5.96. The molecule has 0 radical (unpaired) electrons. The van der Waals surface area contributed by atoms with E-state index in [1.807, 2.05) is 25.3 Å². The van der Waals surface area contributed by atoms with Gasteiger partial charge in [0.15, 0.2) is 5.78 Å². The Morgan fingerprint density at radius 1 is 1.26 bits per heavy atom. The summed E-state index contributed by atoms with van der Waals surface area (Å²) in [6.07, 6.45) is -0.237. The number of methoxy groups -OCH3 is 1. The number of hydrogen-bond acceptors (Lipinski definition) is 5. The Bertz CT molecular complexity index is 465. The summed E-state index contributed by atoms with van der Waals surface area (Å²) in [4.78, 5) is 26.5. The van der Waals surface area contributed by atoms with E-state index in [2.05, 4.69) is 9.72 Å². The number of nitrogens with zero attached hydrogens (tertiary/aromatic N) is 2. The summed E-state index contributed by atoms with van der Waals surface area (Å²) in [6, 6.07) is 0. The zero-order valence-electron chi connectivity index (χ0n) is 11.9. The number of rotatable bonds is 7. The third-order valence-corrected chi connectivity index (χ3v) is 2.94. The van der Waals surface area contributed by atoms with E-state index in [-0.39, 0.29) is 18.8 Å². The van der Waals surface area contributed by atoms with E-state index in [4.69, 9.17) is 4.74 Å². The zero-order chi connectivity index (χ0) is 14.4. The Balaban J connectivity index is 2.31. The van der Waals surface area contributed by atoms with Gasteiger partial charge in [-0.15, -0.1) is 0 Å². The largest absolute Gasteiger partial charge is 0.469 e. The van der Waals surface area contributed by atoms with Crippen molar-refractivity contribution in [1.29, 1.82) is 0 Å². The summed E-state index contributed by atoms with van der Waals surface area (Å²) in [5.41, 5.74) is 2.10. The lowest BCUT2D eigenvalue weighted by Gasteiger charge is -2.08. The molecule has 106 valence electrons. The maximum atomic E-state index is 11.3. The van der Waals surface area contributed by atoms with Crippen LogP contribution >= 0.6 is 0 Å². The maximum absolute atomic E-state index is 11.3. The van der Waals surface area contributed by atoms with Crippen molar-refractivity contribution in [2.75, 3.05) is 20.3 Å². The van der Waals surface area contributed by atoms with Crippen LogP contribution in [0.25, 0.3) is 0 Å². The number of ketones is 1. The number of aromatic nitrogens is 2. The van der Waals surface area contributed by atoms with E-state index < -0.39 is 5.97 Å². The van der Waals surface area contributed by atoms with Crippen molar-refractivity contribution >= 4 is 11.8 Å². The number of carbonyl (C=O) groups excluding carboxylic acids is 2. The minimum absolute atomic E-state index is 0.0686. The third-order valence-electron chi connectivity index (χ3n) is 2.94. The van der Waals surface area contributed by atoms with Gasteiger partial charge in [0.25, 0.3) is 0 Å². The second-order valence-electron chi connectivity index (χ2n) is 4.33. The van der Waals surface area contributed by atoms with Crippen molar-refractivity contribution in [1.82, 2.24) is 9.55 Å². The Kier molecular flexibility index (Phi) is 5.69. The predicted octanol–water partition coefficient (Wildman–Crippen LogP) is 0.957. The van der Waals surface area contributed by atoms with Crippen LogP contribution in [0.1, 0.15) is 23.6 Å². The average Bonchev–Trinajstić information content (AvgIpc) is 2.60. The molecule has 1 aromatic heterocycles. The van der Waals surface area contributed by atoms with E-state index in [0.29, 0.717) is 13.2 Å². The molecule has 0 aliphatic carbocycles. The summed E-state index contributed by atoms with van der Waals surface area (Å²) in [5, 5.41) is 0. The number of esters is 1. The number of ether oxygens (including phenoxy) is 2. The molecule has 0 amide bonds. The van der Waals surface area contributed by atoms with Gasteiger partial charge in [-0.05, 0) is 20.8 Å². The molecule has 0 N–H and O–H groups in total. The molecule has 0 saturated carbocycles. The van der Waals surface area contributed by atoms with Gasteiger partial charge in [-0.1, -0.05) is 0 Å². The van der Waals surface area contributed by atoms with Crippen LogP contribution < -0.4 is 0 Å². The number of carbonyl (C=O) groups is 2. The number of aryl methyl sites for hydroxylation is 2. The quantitative estimate of drug-likeness (QED) is 0.418. The third kappa shape index (κ3) is 4.48. The van der Waals surface area contributed by atoms with E-state index in [1.165, 1.54) is 7.11 Å². The molecule has 1 heterocycles. The molecule has 0 spiro atoms. The van der Waals surface area contributed by atoms with Crippen LogP contribution in [-0.4, -0.2) is 41.6 Å². The zero-order valence-corrected chi connectivity index (χ0v) is 11.9. The molecule has 0 atom stereocenters. The molecule has 1 aromatic rings. The molecule has 6 heteroatoms.